The summed E-state index contributed by atoms with van der Waals surface area (Å²) in [5, 5.41) is 8.29. The number of nitrogens with one attached hydrogen (secondary N) is 1. The molecule has 0 aromatic carbocycles. The van der Waals surface area contributed by atoms with Crippen LogP contribution in [0.5, 0.6) is 0 Å². The summed E-state index contributed by atoms with van der Waals surface area (Å²) in [6.45, 7) is 6.97. The van der Waals surface area contributed by atoms with Crippen molar-refractivity contribution in [2.75, 3.05) is 13.1 Å². The van der Waals surface area contributed by atoms with E-state index in [4.69, 9.17) is 17.3 Å². The van der Waals surface area contributed by atoms with Gasteiger partial charge in [0.25, 0.3) is 0 Å². The Balaban J connectivity index is 2.72. The zero-order valence-corrected chi connectivity index (χ0v) is 9.43. The molecule has 0 atom stereocenters. The molecule has 1 aromatic rings. The van der Waals surface area contributed by atoms with Crippen molar-refractivity contribution in [2.24, 2.45) is 5.73 Å². The Kier molecular flexibility index (Phi) is 4.38. The van der Waals surface area contributed by atoms with Crippen LogP contribution < -0.4 is 11.1 Å². The second kappa shape index (κ2) is 5.34. The van der Waals surface area contributed by atoms with E-state index >= 15 is 0 Å². The van der Waals surface area contributed by atoms with Crippen LogP contribution >= 0.6 is 11.6 Å². The van der Waals surface area contributed by atoms with E-state index in [2.05, 4.69) is 17.3 Å². The molecule has 0 aliphatic carbocycles. The van der Waals surface area contributed by atoms with Crippen LogP contribution in [0.1, 0.15) is 18.3 Å². The molecule has 0 amide bonds. The van der Waals surface area contributed by atoms with E-state index in [0.29, 0.717) is 6.54 Å². The van der Waals surface area contributed by atoms with Crippen LogP contribution in [0.4, 0.5) is 0 Å². The number of nitrogens with zero attached hydrogens (tertiary/aromatic N) is 2. The molecular weight excluding hydrogens is 200 g/mol. The molecule has 0 radical (unpaired) electrons. The van der Waals surface area contributed by atoms with Crippen LogP contribution in [0.25, 0.3) is 0 Å². The SMILES string of the molecule is CCn1nc(C)c(Cl)c1CNCCN. The normalized spacial score (nSPS) is 10.9. The summed E-state index contributed by atoms with van der Waals surface area (Å²) in [6.07, 6.45) is 0. The summed E-state index contributed by atoms with van der Waals surface area (Å²) in [6, 6.07) is 0. The van der Waals surface area contributed by atoms with Gasteiger partial charge in [-0.2, -0.15) is 5.10 Å². The fraction of sp³-hybridized carbons (Fsp3) is 0.667. The van der Waals surface area contributed by atoms with Gasteiger partial charge in [-0.15, -0.1) is 0 Å². The van der Waals surface area contributed by atoms with Gasteiger partial charge in [-0.3, -0.25) is 4.68 Å². The van der Waals surface area contributed by atoms with Crippen LogP contribution in [0.3, 0.4) is 0 Å². The van der Waals surface area contributed by atoms with E-state index in [9.17, 15) is 0 Å². The molecule has 14 heavy (non-hydrogen) atoms. The highest BCUT2D eigenvalue weighted by atomic mass is 35.5. The summed E-state index contributed by atoms with van der Waals surface area (Å²) in [5.74, 6) is 0. The van der Waals surface area contributed by atoms with Gasteiger partial charge in [0.05, 0.1) is 16.4 Å². The third-order valence-electron chi connectivity index (χ3n) is 2.07. The highest BCUT2D eigenvalue weighted by Gasteiger charge is 2.11. The van der Waals surface area contributed by atoms with E-state index in [1.807, 2.05) is 11.6 Å². The standard InChI is InChI=1S/C9H17ClN4/c1-3-14-8(6-12-5-4-11)9(10)7(2)13-14/h12H,3-6,11H2,1-2H3. The van der Waals surface area contributed by atoms with Crippen molar-refractivity contribution in [3.8, 4) is 0 Å². The molecular formula is C9H17ClN4. The molecule has 1 rings (SSSR count). The van der Waals surface area contributed by atoms with Gasteiger partial charge in [-0.05, 0) is 13.8 Å². The lowest BCUT2D eigenvalue weighted by Crippen LogP contribution is -2.23. The molecule has 0 aliphatic heterocycles. The monoisotopic (exact) mass is 216 g/mol. The second-order valence-corrected chi connectivity index (χ2v) is 3.51. The maximum atomic E-state index is 6.12. The first-order chi connectivity index (χ1) is 6.70. The zero-order chi connectivity index (χ0) is 10.6. The minimum absolute atomic E-state index is 0.636. The summed E-state index contributed by atoms with van der Waals surface area (Å²) in [7, 11) is 0. The first-order valence-corrected chi connectivity index (χ1v) is 5.21. The summed E-state index contributed by atoms with van der Waals surface area (Å²) in [5.41, 5.74) is 7.32. The van der Waals surface area contributed by atoms with Crippen molar-refractivity contribution in [1.29, 1.82) is 0 Å². The molecule has 80 valence electrons. The topological polar surface area (TPSA) is 55.9 Å². The predicted molar refractivity (Wildman–Crippen MR) is 58.4 cm³/mol. The molecule has 0 aliphatic rings. The van der Waals surface area contributed by atoms with Crippen LogP contribution in [-0.4, -0.2) is 22.9 Å². The molecule has 4 nitrogen and oxygen atoms in total. The molecule has 0 spiro atoms. The Morgan fingerprint density at radius 3 is 2.86 bits per heavy atom. The molecule has 3 N–H and O–H groups in total. The van der Waals surface area contributed by atoms with Crippen molar-refractivity contribution >= 4 is 11.6 Å². The van der Waals surface area contributed by atoms with Gasteiger partial charge in [0.15, 0.2) is 0 Å². The van der Waals surface area contributed by atoms with Gasteiger partial charge < -0.3 is 11.1 Å². The van der Waals surface area contributed by atoms with Gasteiger partial charge in [0.2, 0.25) is 0 Å². The molecule has 0 fully saturated rings. The quantitative estimate of drug-likeness (QED) is 0.720. The molecule has 0 saturated heterocycles. The third-order valence-corrected chi connectivity index (χ3v) is 2.56. The maximum Gasteiger partial charge on any atom is 0.0860 e. The second-order valence-electron chi connectivity index (χ2n) is 3.13. The highest BCUT2D eigenvalue weighted by molar-refractivity contribution is 6.31. The van der Waals surface area contributed by atoms with Gasteiger partial charge in [-0.25, -0.2) is 0 Å². The average molecular weight is 217 g/mol. The van der Waals surface area contributed by atoms with E-state index in [0.717, 1.165) is 36.0 Å². The summed E-state index contributed by atoms with van der Waals surface area (Å²) in [4.78, 5) is 0. The highest BCUT2D eigenvalue weighted by Crippen LogP contribution is 2.19. The Labute approximate surface area is 89.4 Å². The number of hydrogen-bond donors (Lipinski definition) is 2. The number of aromatic nitrogens is 2. The Morgan fingerprint density at radius 2 is 2.29 bits per heavy atom. The maximum absolute atomic E-state index is 6.12. The first-order valence-electron chi connectivity index (χ1n) is 4.83. The lowest BCUT2D eigenvalue weighted by atomic mass is 10.3. The fourth-order valence-electron chi connectivity index (χ4n) is 1.35. The number of halogens is 1. The van der Waals surface area contributed by atoms with Crippen LogP contribution in [0.2, 0.25) is 5.02 Å². The van der Waals surface area contributed by atoms with Crippen molar-refractivity contribution in [2.45, 2.75) is 26.9 Å². The summed E-state index contributed by atoms with van der Waals surface area (Å²) < 4.78 is 1.92. The number of rotatable bonds is 5. The third kappa shape index (κ3) is 2.47. The average Bonchev–Trinajstić information content (AvgIpc) is 2.45. The number of aryl methyl sites for hydroxylation is 2. The lowest BCUT2D eigenvalue weighted by molar-refractivity contribution is 0.582. The van der Waals surface area contributed by atoms with Crippen molar-refractivity contribution in [3.05, 3.63) is 16.4 Å². The van der Waals surface area contributed by atoms with Crippen LogP contribution in [0.15, 0.2) is 0 Å². The first kappa shape index (κ1) is 11.5. The minimum atomic E-state index is 0.636. The molecule has 1 aromatic heterocycles. The van der Waals surface area contributed by atoms with Crippen molar-refractivity contribution in [1.82, 2.24) is 15.1 Å². The summed E-state index contributed by atoms with van der Waals surface area (Å²) >= 11 is 6.12. The van der Waals surface area contributed by atoms with Gasteiger partial charge in [-0.1, -0.05) is 11.6 Å². The number of hydrogen-bond acceptors (Lipinski definition) is 3. The van der Waals surface area contributed by atoms with Crippen molar-refractivity contribution in [3.63, 3.8) is 0 Å². The van der Waals surface area contributed by atoms with E-state index < -0.39 is 0 Å². The zero-order valence-electron chi connectivity index (χ0n) is 8.68. The van der Waals surface area contributed by atoms with Crippen LogP contribution in [-0.2, 0) is 13.1 Å². The number of nitrogens with two attached hydrogens (primary N) is 1. The van der Waals surface area contributed by atoms with Crippen LogP contribution in [0, 0.1) is 6.92 Å². The molecule has 1 heterocycles. The van der Waals surface area contributed by atoms with E-state index in [1.165, 1.54) is 0 Å². The molecule has 0 bridgehead atoms. The van der Waals surface area contributed by atoms with Gasteiger partial charge in [0.1, 0.15) is 0 Å². The van der Waals surface area contributed by atoms with E-state index in [1.54, 1.807) is 0 Å². The van der Waals surface area contributed by atoms with Crippen molar-refractivity contribution < 1.29 is 0 Å². The predicted octanol–water partition coefficient (Wildman–Crippen LogP) is 0.913. The Bertz CT molecular complexity index is 295. The smallest absolute Gasteiger partial charge is 0.0860 e. The van der Waals surface area contributed by atoms with E-state index in [-0.39, 0.29) is 0 Å². The molecule has 5 heteroatoms. The van der Waals surface area contributed by atoms with Gasteiger partial charge in [0, 0.05) is 26.2 Å². The minimum Gasteiger partial charge on any atom is -0.329 e. The molecule has 0 unspecified atom stereocenters. The largest absolute Gasteiger partial charge is 0.329 e. The Hall–Kier alpha value is -0.580. The Morgan fingerprint density at radius 1 is 1.57 bits per heavy atom. The molecule has 0 saturated carbocycles. The lowest BCUT2D eigenvalue weighted by Gasteiger charge is -2.06. The fourth-order valence-corrected chi connectivity index (χ4v) is 1.55. The van der Waals surface area contributed by atoms with Gasteiger partial charge >= 0.3 is 0 Å².